The predicted octanol–water partition coefficient (Wildman–Crippen LogP) is 0.681. The number of piperidine rings is 1. The summed E-state index contributed by atoms with van der Waals surface area (Å²) in [4.78, 5) is 4.00. The summed E-state index contributed by atoms with van der Waals surface area (Å²) < 4.78 is 0. The van der Waals surface area contributed by atoms with Crippen molar-refractivity contribution in [3.8, 4) is 0 Å². The van der Waals surface area contributed by atoms with E-state index in [1.165, 1.54) is 64.7 Å². The SMILES string of the molecule is C1CCC[NH+](C2CC[NH+]([C@H]3C[C@@H]4CC[C@@H]3C4)CC2)CC1. The predicted molar refractivity (Wildman–Crippen MR) is 82.1 cm³/mol. The second kappa shape index (κ2) is 5.96. The number of likely N-dealkylation sites (tertiary alicyclic amines) is 2. The van der Waals surface area contributed by atoms with Crippen molar-refractivity contribution in [2.75, 3.05) is 26.2 Å². The van der Waals surface area contributed by atoms with Crippen LogP contribution in [0.2, 0.25) is 0 Å². The van der Waals surface area contributed by atoms with Crippen molar-refractivity contribution in [1.82, 2.24) is 0 Å². The van der Waals surface area contributed by atoms with Crippen LogP contribution in [0.4, 0.5) is 0 Å². The molecule has 4 rings (SSSR count). The molecule has 0 unspecified atom stereocenters. The van der Waals surface area contributed by atoms with Gasteiger partial charge in [0.05, 0.1) is 38.3 Å². The van der Waals surface area contributed by atoms with Gasteiger partial charge < -0.3 is 9.80 Å². The summed E-state index contributed by atoms with van der Waals surface area (Å²) in [6, 6.07) is 2.10. The zero-order valence-corrected chi connectivity index (χ0v) is 13.2. The van der Waals surface area contributed by atoms with Crippen LogP contribution < -0.4 is 9.80 Å². The van der Waals surface area contributed by atoms with Crippen LogP contribution in [0.25, 0.3) is 0 Å². The molecule has 2 N–H and O–H groups in total. The van der Waals surface area contributed by atoms with E-state index in [0.717, 1.165) is 23.9 Å². The first-order valence-corrected chi connectivity index (χ1v) is 9.59. The van der Waals surface area contributed by atoms with Gasteiger partial charge in [0.25, 0.3) is 0 Å². The van der Waals surface area contributed by atoms with Crippen molar-refractivity contribution in [2.45, 2.75) is 76.3 Å². The molecule has 2 saturated heterocycles. The number of hydrogen-bond acceptors (Lipinski definition) is 0. The first-order valence-electron chi connectivity index (χ1n) is 9.59. The van der Waals surface area contributed by atoms with Gasteiger partial charge in [-0.2, -0.15) is 0 Å². The number of fused-ring (bicyclic) bond motifs is 2. The van der Waals surface area contributed by atoms with Gasteiger partial charge in [0.15, 0.2) is 0 Å². The Morgan fingerprint density at radius 2 is 1.35 bits per heavy atom. The number of nitrogens with one attached hydrogen (secondary N) is 2. The Bertz CT molecular complexity index is 313. The minimum atomic E-state index is 1.02. The molecule has 2 heterocycles. The van der Waals surface area contributed by atoms with Crippen molar-refractivity contribution >= 4 is 0 Å². The summed E-state index contributed by atoms with van der Waals surface area (Å²) in [5.74, 6) is 2.25. The average molecular weight is 278 g/mol. The fourth-order valence-corrected chi connectivity index (χ4v) is 6.10. The highest BCUT2D eigenvalue weighted by atomic mass is 15.2. The Kier molecular flexibility index (Phi) is 4.05. The molecule has 0 amide bonds. The van der Waals surface area contributed by atoms with Crippen LogP contribution in [0.3, 0.4) is 0 Å². The number of quaternary nitrogens is 2. The van der Waals surface area contributed by atoms with Crippen molar-refractivity contribution < 1.29 is 9.80 Å². The quantitative estimate of drug-likeness (QED) is 0.735. The molecular formula is C18H34N2+2. The highest BCUT2D eigenvalue weighted by Gasteiger charge is 2.46. The average Bonchev–Trinajstić information content (AvgIpc) is 3.02. The molecule has 4 aliphatic rings. The van der Waals surface area contributed by atoms with Crippen LogP contribution in [0.1, 0.15) is 64.2 Å². The molecule has 2 saturated carbocycles. The Hall–Kier alpha value is -0.0800. The zero-order chi connectivity index (χ0) is 13.4. The van der Waals surface area contributed by atoms with Crippen molar-refractivity contribution in [1.29, 1.82) is 0 Å². The first-order chi connectivity index (χ1) is 9.90. The van der Waals surface area contributed by atoms with Gasteiger partial charge in [0.2, 0.25) is 0 Å². The molecule has 3 atom stereocenters. The molecule has 2 heteroatoms. The van der Waals surface area contributed by atoms with E-state index >= 15 is 0 Å². The molecule has 2 nitrogen and oxygen atoms in total. The summed E-state index contributed by atoms with van der Waals surface area (Å²) in [7, 11) is 0. The highest BCUT2D eigenvalue weighted by Crippen LogP contribution is 2.43. The Balaban J connectivity index is 1.29. The van der Waals surface area contributed by atoms with Crippen LogP contribution >= 0.6 is 0 Å². The zero-order valence-electron chi connectivity index (χ0n) is 13.2. The molecule has 0 radical (unpaired) electrons. The molecule has 0 spiro atoms. The third-order valence-corrected chi connectivity index (χ3v) is 7.21. The summed E-state index contributed by atoms with van der Waals surface area (Å²) in [6.45, 7) is 5.96. The van der Waals surface area contributed by atoms with E-state index in [2.05, 4.69) is 0 Å². The lowest BCUT2D eigenvalue weighted by Crippen LogP contribution is -3.22. The normalized spacial score (nSPS) is 46.5. The summed E-state index contributed by atoms with van der Waals surface area (Å²) in [5.41, 5.74) is 0. The summed E-state index contributed by atoms with van der Waals surface area (Å²) >= 11 is 0. The monoisotopic (exact) mass is 278 g/mol. The van der Waals surface area contributed by atoms with Crippen molar-refractivity contribution in [3.05, 3.63) is 0 Å². The molecule has 2 aliphatic heterocycles. The number of rotatable bonds is 2. The third kappa shape index (κ3) is 2.66. The molecule has 114 valence electrons. The van der Waals surface area contributed by atoms with E-state index in [1.807, 2.05) is 9.80 Å². The molecular weight excluding hydrogens is 244 g/mol. The lowest BCUT2D eigenvalue weighted by Gasteiger charge is -2.38. The maximum atomic E-state index is 2.02. The summed E-state index contributed by atoms with van der Waals surface area (Å²) in [6.07, 6.45) is 15.4. The Morgan fingerprint density at radius 3 is 1.95 bits per heavy atom. The second-order valence-corrected chi connectivity index (χ2v) is 8.29. The maximum absolute atomic E-state index is 2.02. The molecule has 0 aromatic rings. The largest absolute Gasteiger partial charge is 0.332 e. The molecule has 20 heavy (non-hydrogen) atoms. The maximum Gasteiger partial charge on any atom is 0.0983 e. The van der Waals surface area contributed by atoms with Gasteiger partial charge in [-0.1, -0.05) is 0 Å². The topological polar surface area (TPSA) is 8.88 Å². The van der Waals surface area contributed by atoms with Crippen molar-refractivity contribution in [2.24, 2.45) is 11.8 Å². The molecule has 4 fully saturated rings. The van der Waals surface area contributed by atoms with E-state index in [0.29, 0.717) is 0 Å². The van der Waals surface area contributed by atoms with Crippen LogP contribution in [0.5, 0.6) is 0 Å². The van der Waals surface area contributed by atoms with Gasteiger partial charge in [0, 0.05) is 25.2 Å². The van der Waals surface area contributed by atoms with Crippen LogP contribution in [-0.4, -0.2) is 38.3 Å². The van der Waals surface area contributed by atoms with Gasteiger partial charge in [-0.3, -0.25) is 0 Å². The van der Waals surface area contributed by atoms with Gasteiger partial charge in [-0.15, -0.1) is 0 Å². The fraction of sp³-hybridized carbons (Fsp3) is 1.00. The Morgan fingerprint density at radius 1 is 0.600 bits per heavy atom. The number of hydrogen-bond donors (Lipinski definition) is 2. The smallest absolute Gasteiger partial charge is 0.0983 e. The standard InChI is InChI=1S/C18H32N2/c1-2-4-10-19(9-3-1)17-7-11-20(12-8-17)18-14-15-5-6-16(18)13-15/h15-18H,1-14H2/p+2/t15-,16-,18+/m1/s1. The first kappa shape index (κ1) is 13.6. The van der Waals surface area contributed by atoms with E-state index in [9.17, 15) is 0 Å². The molecule has 0 aromatic heterocycles. The van der Waals surface area contributed by atoms with Gasteiger partial charge >= 0.3 is 0 Å². The van der Waals surface area contributed by atoms with E-state index in [1.54, 1.807) is 25.7 Å². The van der Waals surface area contributed by atoms with Gasteiger partial charge in [0.1, 0.15) is 0 Å². The molecule has 2 aliphatic carbocycles. The fourth-order valence-electron chi connectivity index (χ4n) is 6.10. The molecule has 0 aromatic carbocycles. The van der Waals surface area contributed by atoms with Crippen LogP contribution in [-0.2, 0) is 0 Å². The minimum Gasteiger partial charge on any atom is -0.332 e. The summed E-state index contributed by atoms with van der Waals surface area (Å²) in [5, 5.41) is 0. The van der Waals surface area contributed by atoms with E-state index in [-0.39, 0.29) is 0 Å². The Labute approximate surface area is 124 Å². The third-order valence-electron chi connectivity index (χ3n) is 7.21. The molecule has 2 bridgehead atoms. The second-order valence-electron chi connectivity index (χ2n) is 8.29. The highest BCUT2D eigenvalue weighted by molar-refractivity contribution is 4.90. The van der Waals surface area contributed by atoms with Crippen LogP contribution in [0, 0.1) is 11.8 Å². The van der Waals surface area contributed by atoms with E-state index < -0.39 is 0 Å². The van der Waals surface area contributed by atoms with Gasteiger partial charge in [-0.05, 0) is 50.9 Å². The minimum absolute atomic E-state index is 1.02. The van der Waals surface area contributed by atoms with Crippen molar-refractivity contribution in [3.63, 3.8) is 0 Å². The van der Waals surface area contributed by atoms with Gasteiger partial charge in [-0.25, -0.2) is 0 Å². The lowest BCUT2D eigenvalue weighted by atomic mass is 9.91. The lowest BCUT2D eigenvalue weighted by molar-refractivity contribution is -0.969. The van der Waals surface area contributed by atoms with Crippen LogP contribution in [0.15, 0.2) is 0 Å². The van der Waals surface area contributed by atoms with E-state index in [4.69, 9.17) is 0 Å².